The van der Waals surface area contributed by atoms with Gasteiger partial charge in [-0.3, -0.25) is 4.57 Å². The van der Waals surface area contributed by atoms with Crippen LogP contribution in [0.4, 0.5) is 11.6 Å². The Morgan fingerprint density at radius 3 is 2.43 bits per heavy atom. The molecule has 1 fully saturated rings. The molecule has 0 amide bonds. The SMILES string of the molecule is CC(O)CC(Oc1ccc(N2CCC(Oc3ccc(Cl)cc3)CC2)nc1)n1cc([N+](=O)[O-])nc1Cl. The highest BCUT2D eigenvalue weighted by molar-refractivity contribution is 6.30. The van der Waals surface area contributed by atoms with Gasteiger partial charge in [-0.15, -0.1) is 0 Å². The van der Waals surface area contributed by atoms with Crippen molar-refractivity contribution < 1.29 is 19.5 Å². The van der Waals surface area contributed by atoms with Crippen molar-refractivity contribution in [2.45, 2.75) is 44.6 Å². The number of aromatic nitrogens is 3. The highest BCUT2D eigenvalue weighted by Gasteiger charge is 2.26. The maximum Gasteiger partial charge on any atom is 0.383 e. The average molecular weight is 522 g/mol. The average Bonchev–Trinajstić information content (AvgIpc) is 3.23. The van der Waals surface area contributed by atoms with Gasteiger partial charge in [-0.1, -0.05) is 11.6 Å². The summed E-state index contributed by atoms with van der Waals surface area (Å²) in [5.74, 6) is 1.66. The molecule has 3 heterocycles. The molecule has 1 N–H and O–H groups in total. The second-order valence-electron chi connectivity index (χ2n) is 8.30. The Bertz CT molecular complexity index is 1130. The molecular formula is C23H25Cl2N5O5. The van der Waals surface area contributed by atoms with E-state index in [-0.39, 0.29) is 17.8 Å². The molecule has 3 aromatic rings. The van der Waals surface area contributed by atoms with Crippen LogP contribution in [0.5, 0.6) is 11.5 Å². The largest absolute Gasteiger partial charge is 0.490 e. The summed E-state index contributed by atoms with van der Waals surface area (Å²) in [6.45, 7) is 3.19. The Hall–Kier alpha value is -3.08. The fourth-order valence-corrected chi connectivity index (χ4v) is 4.22. The van der Waals surface area contributed by atoms with Crippen molar-refractivity contribution in [1.82, 2.24) is 14.5 Å². The summed E-state index contributed by atoms with van der Waals surface area (Å²) in [5.41, 5.74) is 0. The first-order valence-electron chi connectivity index (χ1n) is 11.1. The van der Waals surface area contributed by atoms with Crippen LogP contribution in [0, 0.1) is 10.1 Å². The predicted octanol–water partition coefficient (Wildman–Crippen LogP) is 4.89. The highest BCUT2D eigenvalue weighted by Crippen LogP contribution is 2.28. The van der Waals surface area contributed by atoms with Crippen LogP contribution in [-0.2, 0) is 0 Å². The normalized spacial score (nSPS) is 16.1. The number of ether oxygens (including phenoxy) is 2. The van der Waals surface area contributed by atoms with E-state index in [1.54, 1.807) is 19.2 Å². The topological polar surface area (TPSA) is 116 Å². The molecule has 1 aliphatic heterocycles. The monoisotopic (exact) mass is 521 g/mol. The van der Waals surface area contributed by atoms with Crippen LogP contribution >= 0.6 is 23.2 Å². The number of benzene rings is 1. The van der Waals surface area contributed by atoms with E-state index in [9.17, 15) is 15.2 Å². The zero-order valence-corrected chi connectivity index (χ0v) is 20.5. The van der Waals surface area contributed by atoms with Crippen LogP contribution in [-0.4, -0.2) is 49.9 Å². The first kappa shape index (κ1) is 25.0. The molecule has 35 heavy (non-hydrogen) atoms. The zero-order chi connectivity index (χ0) is 24.9. The van der Waals surface area contributed by atoms with Crippen LogP contribution in [0.3, 0.4) is 0 Å². The van der Waals surface area contributed by atoms with Crippen LogP contribution in [0.25, 0.3) is 0 Å². The standard InChI is InChI=1S/C23H25Cl2N5O5/c1-15(31)12-22(29-14-21(30(32)33)27-23(29)25)35-19-6-7-20(26-13-19)28-10-8-18(9-11-28)34-17-4-2-16(24)3-5-17/h2-7,13-15,18,22,31H,8-12H2,1H3. The minimum Gasteiger partial charge on any atom is -0.490 e. The highest BCUT2D eigenvalue weighted by atomic mass is 35.5. The molecule has 4 rings (SSSR count). The van der Waals surface area contributed by atoms with Gasteiger partial charge >= 0.3 is 11.1 Å². The number of aliphatic hydroxyl groups is 1. The number of imidazole rings is 1. The van der Waals surface area contributed by atoms with Crippen molar-refractivity contribution in [2.24, 2.45) is 0 Å². The molecule has 0 radical (unpaired) electrons. The Morgan fingerprint density at radius 1 is 1.17 bits per heavy atom. The lowest BCUT2D eigenvalue weighted by Crippen LogP contribution is -2.38. The number of nitro groups is 1. The Labute approximate surface area is 212 Å². The quantitative estimate of drug-likeness (QED) is 0.312. The van der Waals surface area contributed by atoms with Crippen LogP contribution in [0.15, 0.2) is 48.8 Å². The maximum absolute atomic E-state index is 11.0. The number of hydrogen-bond acceptors (Lipinski definition) is 8. The lowest BCUT2D eigenvalue weighted by molar-refractivity contribution is -0.389. The third-order valence-electron chi connectivity index (χ3n) is 5.59. The van der Waals surface area contributed by atoms with Gasteiger partial charge in [0, 0.05) is 37.4 Å². The van der Waals surface area contributed by atoms with Crippen LogP contribution in [0.2, 0.25) is 10.3 Å². The molecule has 1 aromatic carbocycles. The van der Waals surface area contributed by atoms with Crippen LogP contribution in [0.1, 0.15) is 32.4 Å². The Morgan fingerprint density at radius 2 is 1.86 bits per heavy atom. The molecule has 0 saturated carbocycles. The summed E-state index contributed by atoms with van der Waals surface area (Å²) >= 11 is 12.0. The van der Waals surface area contributed by atoms with Gasteiger partial charge < -0.3 is 29.6 Å². The van der Waals surface area contributed by atoms with Crippen LogP contribution < -0.4 is 14.4 Å². The number of aliphatic hydroxyl groups excluding tert-OH is 1. The molecule has 2 unspecified atom stereocenters. The van der Waals surface area contributed by atoms with Crippen molar-refractivity contribution in [3.63, 3.8) is 0 Å². The number of piperidine rings is 1. The van der Waals surface area contributed by atoms with E-state index in [1.807, 2.05) is 30.3 Å². The Balaban J connectivity index is 1.37. The minimum absolute atomic E-state index is 0.101. The van der Waals surface area contributed by atoms with Crippen molar-refractivity contribution in [3.8, 4) is 11.5 Å². The summed E-state index contributed by atoms with van der Waals surface area (Å²) in [6, 6.07) is 11.0. The van der Waals surface area contributed by atoms with Crippen molar-refractivity contribution in [3.05, 3.63) is 69.2 Å². The maximum atomic E-state index is 11.0. The second kappa shape index (κ2) is 11.1. The van der Waals surface area contributed by atoms with Gasteiger partial charge in [0.15, 0.2) is 6.23 Å². The lowest BCUT2D eigenvalue weighted by Gasteiger charge is -2.33. The number of hydrogen-bond donors (Lipinski definition) is 1. The minimum atomic E-state index is -0.794. The Kier molecular flexibility index (Phi) is 7.94. The number of rotatable bonds is 9. The smallest absolute Gasteiger partial charge is 0.383 e. The molecular weight excluding hydrogens is 497 g/mol. The molecule has 2 aromatic heterocycles. The van der Waals surface area contributed by atoms with E-state index in [2.05, 4.69) is 14.9 Å². The summed E-state index contributed by atoms with van der Waals surface area (Å²) < 4.78 is 13.3. The van der Waals surface area contributed by atoms with E-state index in [1.165, 1.54) is 10.8 Å². The summed E-state index contributed by atoms with van der Waals surface area (Å²) in [5, 5.41) is 21.5. The van der Waals surface area contributed by atoms with E-state index in [0.717, 1.165) is 37.5 Å². The molecule has 1 saturated heterocycles. The molecule has 0 spiro atoms. The molecule has 186 valence electrons. The van der Waals surface area contributed by atoms with E-state index >= 15 is 0 Å². The first-order chi connectivity index (χ1) is 16.8. The van der Waals surface area contributed by atoms with Gasteiger partial charge in [-0.05, 0) is 64.8 Å². The molecule has 0 bridgehead atoms. The molecule has 2 atom stereocenters. The fourth-order valence-electron chi connectivity index (χ4n) is 3.85. The van der Waals surface area contributed by atoms with Crippen molar-refractivity contribution in [1.29, 1.82) is 0 Å². The van der Waals surface area contributed by atoms with E-state index in [0.29, 0.717) is 10.8 Å². The van der Waals surface area contributed by atoms with Crippen molar-refractivity contribution in [2.75, 3.05) is 18.0 Å². The molecule has 10 nitrogen and oxygen atoms in total. The number of pyridine rings is 1. The number of anilines is 1. The van der Waals surface area contributed by atoms with Gasteiger partial charge in [0.05, 0.1) is 12.3 Å². The number of halogens is 2. The van der Waals surface area contributed by atoms with Gasteiger partial charge in [-0.2, -0.15) is 0 Å². The van der Waals surface area contributed by atoms with Gasteiger partial charge in [-0.25, -0.2) is 4.98 Å². The zero-order valence-electron chi connectivity index (χ0n) is 19.0. The third kappa shape index (κ3) is 6.53. The lowest BCUT2D eigenvalue weighted by atomic mass is 10.1. The second-order valence-corrected chi connectivity index (χ2v) is 9.07. The first-order valence-corrected chi connectivity index (χ1v) is 11.9. The summed E-state index contributed by atoms with van der Waals surface area (Å²) in [4.78, 5) is 20.8. The predicted molar refractivity (Wildman–Crippen MR) is 131 cm³/mol. The fraction of sp³-hybridized carbons (Fsp3) is 0.391. The third-order valence-corrected chi connectivity index (χ3v) is 6.12. The van der Waals surface area contributed by atoms with Gasteiger partial charge in [0.2, 0.25) is 0 Å². The molecule has 12 heteroatoms. The number of nitrogens with zero attached hydrogens (tertiary/aromatic N) is 5. The van der Waals surface area contributed by atoms with Crippen molar-refractivity contribution >= 4 is 34.8 Å². The van der Waals surface area contributed by atoms with Gasteiger partial charge in [0.25, 0.3) is 0 Å². The summed E-state index contributed by atoms with van der Waals surface area (Å²) in [7, 11) is 0. The summed E-state index contributed by atoms with van der Waals surface area (Å²) in [6.07, 6.45) is 3.23. The molecule has 1 aliphatic rings. The van der Waals surface area contributed by atoms with E-state index in [4.69, 9.17) is 32.7 Å². The molecule has 0 aliphatic carbocycles. The van der Waals surface area contributed by atoms with Gasteiger partial charge in [0.1, 0.15) is 29.6 Å². The van der Waals surface area contributed by atoms with E-state index < -0.39 is 23.1 Å².